The number of carbonyl (C=O) groups excluding carboxylic acids is 1. The standard InChI is InChI=1S/C19H22ClNO2S/c1-13-6-4-7-16(12-13)23-10-11-24-15(3)19(22)21-18-9-5-8-17(20)14(18)2/h4-9,12,15H,10-11H2,1-3H3,(H,21,22)/t15-/m1/s1. The van der Waals surface area contributed by atoms with Gasteiger partial charge in [0, 0.05) is 16.5 Å². The number of aryl methyl sites for hydroxylation is 1. The highest BCUT2D eigenvalue weighted by molar-refractivity contribution is 8.00. The van der Waals surface area contributed by atoms with E-state index in [1.54, 1.807) is 11.8 Å². The number of rotatable bonds is 7. The monoisotopic (exact) mass is 363 g/mol. The Hall–Kier alpha value is -1.65. The first-order chi connectivity index (χ1) is 11.5. The van der Waals surface area contributed by atoms with Crippen LogP contribution in [0.25, 0.3) is 0 Å². The molecule has 1 amide bonds. The van der Waals surface area contributed by atoms with Gasteiger partial charge in [-0.25, -0.2) is 0 Å². The molecule has 3 nitrogen and oxygen atoms in total. The van der Waals surface area contributed by atoms with Gasteiger partial charge in [0.05, 0.1) is 11.9 Å². The maximum atomic E-state index is 12.3. The van der Waals surface area contributed by atoms with Gasteiger partial charge in [0.2, 0.25) is 5.91 Å². The lowest BCUT2D eigenvalue weighted by molar-refractivity contribution is -0.115. The fourth-order valence-corrected chi connectivity index (χ4v) is 3.06. The van der Waals surface area contributed by atoms with Crippen molar-refractivity contribution < 1.29 is 9.53 Å². The van der Waals surface area contributed by atoms with Crippen LogP contribution in [0.4, 0.5) is 5.69 Å². The summed E-state index contributed by atoms with van der Waals surface area (Å²) in [5.74, 6) is 1.58. The Morgan fingerprint density at radius 3 is 2.75 bits per heavy atom. The third-order valence-electron chi connectivity index (χ3n) is 3.60. The largest absolute Gasteiger partial charge is 0.493 e. The average Bonchev–Trinajstić information content (AvgIpc) is 2.55. The fraction of sp³-hybridized carbons (Fsp3) is 0.316. The zero-order valence-electron chi connectivity index (χ0n) is 14.1. The number of amides is 1. The molecular formula is C19H22ClNO2S. The van der Waals surface area contributed by atoms with Crippen LogP contribution in [0.2, 0.25) is 5.02 Å². The van der Waals surface area contributed by atoms with E-state index in [9.17, 15) is 4.79 Å². The Morgan fingerprint density at radius 1 is 1.25 bits per heavy atom. The molecule has 24 heavy (non-hydrogen) atoms. The topological polar surface area (TPSA) is 38.3 Å². The van der Waals surface area contributed by atoms with Crippen molar-refractivity contribution in [2.24, 2.45) is 0 Å². The van der Waals surface area contributed by atoms with Crippen LogP contribution in [0, 0.1) is 13.8 Å². The second kappa shape index (κ2) is 9.00. The van der Waals surface area contributed by atoms with Crippen molar-refractivity contribution in [3.05, 3.63) is 58.6 Å². The van der Waals surface area contributed by atoms with Crippen LogP contribution in [-0.2, 0) is 4.79 Å². The minimum absolute atomic E-state index is 0.0269. The summed E-state index contributed by atoms with van der Waals surface area (Å²) in [6, 6.07) is 13.5. The molecule has 0 aliphatic carbocycles. The number of hydrogen-bond donors (Lipinski definition) is 1. The molecule has 0 fully saturated rings. The van der Waals surface area contributed by atoms with Crippen molar-refractivity contribution in [3.8, 4) is 5.75 Å². The summed E-state index contributed by atoms with van der Waals surface area (Å²) >= 11 is 7.64. The number of benzene rings is 2. The molecule has 2 aromatic rings. The molecule has 0 saturated carbocycles. The van der Waals surface area contributed by atoms with Gasteiger partial charge in [-0.05, 0) is 56.2 Å². The van der Waals surface area contributed by atoms with Gasteiger partial charge < -0.3 is 10.1 Å². The van der Waals surface area contributed by atoms with Crippen LogP contribution < -0.4 is 10.1 Å². The maximum absolute atomic E-state index is 12.3. The molecule has 0 unspecified atom stereocenters. The number of hydrogen-bond acceptors (Lipinski definition) is 3. The van der Waals surface area contributed by atoms with E-state index in [1.165, 1.54) is 5.56 Å². The number of halogens is 1. The van der Waals surface area contributed by atoms with Crippen LogP contribution in [0.5, 0.6) is 5.75 Å². The first kappa shape index (κ1) is 18.7. The summed E-state index contributed by atoms with van der Waals surface area (Å²) in [5, 5.41) is 3.42. The van der Waals surface area contributed by atoms with Gasteiger partial charge in [-0.15, -0.1) is 11.8 Å². The number of thioether (sulfide) groups is 1. The zero-order valence-corrected chi connectivity index (χ0v) is 15.7. The highest BCUT2D eigenvalue weighted by atomic mass is 35.5. The Labute approximate surface area is 152 Å². The minimum Gasteiger partial charge on any atom is -0.493 e. The lowest BCUT2D eigenvalue weighted by atomic mass is 10.2. The molecule has 5 heteroatoms. The summed E-state index contributed by atoms with van der Waals surface area (Å²) in [5.41, 5.74) is 2.81. The highest BCUT2D eigenvalue weighted by Gasteiger charge is 2.14. The molecule has 0 bridgehead atoms. The van der Waals surface area contributed by atoms with Crippen molar-refractivity contribution in [1.29, 1.82) is 0 Å². The van der Waals surface area contributed by atoms with Crippen molar-refractivity contribution >= 4 is 35.0 Å². The second-order valence-electron chi connectivity index (χ2n) is 5.58. The van der Waals surface area contributed by atoms with Crippen molar-refractivity contribution in [2.45, 2.75) is 26.0 Å². The highest BCUT2D eigenvalue weighted by Crippen LogP contribution is 2.24. The van der Waals surface area contributed by atoms with E-state index in [0.717, 1.165) is 22.8 Å². The van der Waals surface area contributed by atoms with Gasteiger partial charge in [0.1, 0.15) is 5.75 Å². The van der Waals surface area contributed by atoms with E-state index in [2.05, 4.69) is 5.32 Å². The van der Waals surface area contributed by atoms with Crippen molar-refractivity contribution in [1.82, 2.24) is 0 Å². The van der Waals surface area contributed by atoms with Crippen LogP contribution in [0.3, 0.4) is 0 Å². The predicted octanol–water partition coefficient (Wildman–Crippen LogP) is 5.10. The van der Waals surface area contributed by atoms with Gasteiger partial charge in [-0.1, -0.05) is 29.8 Å². The van der Waals surface area contributed by atoms with E-state index in [4.69, 9.17) is 16.3 Å². The van der Waals surface area contributed by atoms with E-state index in [1.807, 2.05) is 63.2 Å². The Balaban J connectivity index is 1.76. The molecule has 0 aliphatic rings. The molecule has 1 atom stereocenters. The molecule has 2 aromatic carbocycles. The van der Waals surface area contributed by atoms with E-state index in [-0.39, 0.29) is 11.2 Å². The summed E-state index contributed by atoms with van der Waals surface area (Å²) in [7, 11) is 0. The van der Waals surface area contributed by atoms with Gasteiger partial charge in [0.15, 0.2) is 0 Å². The molecule has 128 valence electrons. The normalized spacial score (nSPS) is 11.8. The number of anilines is 1. The zero-order chi connectivity index (χ0) is 17.5. The smallest absolute Gasteiger partial charge is 0.237 e. The summed E-state index contributed by atoms with van der Waals surface area (Å²) in [6.07, 6.45) is 0. The van der Waals surface area contributed by atoms with Crippen LogP contribution in [0.1, 0.15) is 18.1 Å². The van der Waals surface area contributed by atoms with Gasteiger partial charge in [-0.3, -0.25) is 4.79 Å². The van der Waals surface area contributed by atoms with Crippen LogP contribution in [0.15, 0.2) is 42.5 Å². The third-order valence-corrected chi connectivity index (χ3v) is 5.13. The summed E-state index contributed by atoms with van der Waals surface area (Å²) < 4.78 is 5.70. The first-order valence-corrected chi connectivity index (χ1v) is 9.27. The van der Waals surface area contributed by atoms with Crippen molar-refractivity contribution in [3.63, 3.8) is 0 Å². The summed E-state index contributed by atoms with van der Waals surface area (Å²) in [4.78, 5) is 12.3. The predicted molar refractivity (Wildman–Crippen MR) is 103 cm³/mol. The molecule has 0 radical (unpaired) electrons. The first-order valence-electron chi connectivity index (χ1n) is 7.84. The second-order valence-corrected chi connectivity index (χ2v) is 7.44. The molecule has 0 saturated heterocycles. The maximum Gasteiger partial charge on any atom is 0.237 e. The lowest BCUT2D eigenvalue weighted by Crippen LogP contribution is -2.23. The van der Waals surface area contributed by atoms with Gasteiger partial charge >= 0.3 is 0 Å². The molecule has 2 rings (SSSR count). The molecular weight excluding hydrogens is 342 g/mol. The molecule has 0 spiro atoms. The van der Waals surface area contributed by atoms with E-state index in [0.29, 0.717) is 11.6 Å². The van der Waals surface area contributed by atoms with Gasteiger partial charge in [0.25, 0.3) is 0 Å². The Morgan fingerprint density at radius 2 is 2.00 bits per heavy atom. The van der Waals surface area contributed by atoms with Crippen molar-refractivity contribution in [2.75, 3.05) is 17.7 Å². The average molecular weight is 364 g/mol. The molecule has 0 heterocycles. The third kappa shape index (κ3) is 5.46. The SMILES string of the molecule is Cc1cccc(OCCS[C@H](C)C(=O)Nc2cccc(Cl)c2C)c1. The van der Waals surface area contributed by atoms with Gasteiger partial charge in [-0.2, -0.15) is 0 Å². The number of carbonyl (C=O) groups is 1. The van der Waals surface area contributed by atoms with E-state index < -0.39 is 0 Å². The fourth-order valence-electron chi connectivity index (χ4n) is 2.14. The van der Waals surface area contributed by atoms with E-state index >= 15 is 0 Å². The quantitative estimate of drug-likeness (QED) is 0.696. The molecule has 1 N–H and O–H groups in total. The van der Waals surface area contributed by atoms with Crippen LogP contribution >= 0.6 is 23.4 Å². The minimum atomic E-state index is -0.163. The van der Waals surface area contributed by atoms with Crippen LogP contribution in [-0.4, -0.2) is 23.5 Å². The number of nitrogens with one attached hydrogen (secondary N) is 1. The lowest BCUT2D eigenvalue weighted by Gasteiger charge is -2.14. The molecule has 0 aromatic heterocycles. The molecule has 0 aliphatic heterocycles. The Bertz CT molecular complexity index is 706. The Kier molecular flexibility index (Phi) is 7.00. The summed E-state index contributed by atoms with van der Waals surface area (Å²) in [6.45, 7) is 6.39. The number of ether oxygens (including phenoxy) is 1.